The molecule has 3 rings (SSSR count). The molecule has 1 aromatic carbocycles. The van der Waals surface area contributed by atoms with Gasteiger partial charge in [-0.2, -0.15) is 4.37 Å². The van der Waals surface area contributed by atoms with Gasteiger partial charge < -0.3 is 10.1 Å². The molecule has 0 bridgehead atoms. The third-order valence-corrected chi connectivity index (χ3v) is 3.52. The summed E-state index contributed by atoms with van der Waals surface area (Å²) in [7, 11) is 0. The van der Waals surface area contributed by atoms with Gasteiger partial charge in [-0.1, -0.05) is 18.2 Å². The average molecular weight is 247 g/mol. The minimum atomic E-state index is 0.271. The lowest BCUT2D eigenvalue weighted by Gasteiger charge is -2.26. The predicted octanol–water partition coefficient (Wildman–Crippen LogP) is 2.78. The SMILES string of the molecule is Cc1nsc(NC2CCOc3ccccc32)n1. The zero-order valence-electron chi connectivity index (χ0n) is 9.51. The summed E-state index contributed by atoms with van der Waals surface area (Å²) in [5.41, 5.74) is 1.20. The lowest BCUT2D eigenvalue weighted by atomic mass is 10.0. The zero-order valence-corrected chi connectivity index (χ0v) is 10.3. The van der Waals surface area contributed by atoms with Crippen LogP contribution in [0, 0.1) is 6.92 Å². The van der Waals surface area contributed by atoms with Gasteiger partial charge in [-0.3, -0.25) is 0 Å². The third-order valence-electron chi connectivity index (χ3n) is 2.78. The van der Waals surface area contributed by atoms with Crippen molar-refractivity contribution in [3.8, 4) is 5.75 Å². The standard InChI is InChI=1S/C12H13N3OS/c1-8-13-12(17-15-8)14-10-6-7-16-11-5-3-2-4-9(10)11/h2-5,10H,6-7H2,1H3,(H,13,14,15). The largest absolute Gasteiger partial charge is 0.493 e. The Bertz CT molecular complexity index is 526. The van der Waals surface area contributed by atoms with E-state index in [9.17, 15) is 0 Å². The molecule has 2 aromatic rings. The fraction of sp³-hybridized carbons (Fsp3) is 0.333. The first-order valence-corrected chi connectivity index (χ1v) is 6.39. The maximum Gasteiger partial charge on any atom is 0.203 e. The predicted molar refractivity (Wildman–Crippen MR) is 67.6 cm³/mol. The van der Waals surface area contributed by atoms with E-state index in [0.717, 1.165) is 29.7 Å². The number of aromatic nitrogens is 2. The van der Waals surface area contributed by atoms with Crippen LogP contribution in [0.5, 0.6) is 5.75 Å². The highest BCUT2D eigenvalue weighted by atomic mass is 32.1. The summed E-state index contributed by atoms with van der Waals surface area (Å²) < 4.78 is 9.80. The molecule has 0 aliphatic carbocycles. The molecule has 1 aliphatic rings. The van der Waals surface area contributed by atoms with Crippen molar-refractivity contribution in [2.45, 2.75) is 19.4 Å². The Morgan fingerprint density at radius 3 is 3.12 bits per heavy atom. The molecular formula is C12H13N3OS. The van der Waals surface area contributed by atoms with E-state index in [-0.39, 0.29) is 6.04 Å². The Morgan fingerprint density at radius 1 is 1.41 bits per heavy atom. The van der Waals surface area contributed by atoms with Crippen LogP contribution in [0.15, 0.2) is 24.3 Å². The number of para-hydroxylation sites is 1. The molecule has 88 valence electrons. The lowest BCUT2D eigenvalue weighted by molar-refractivity contribution is 0.274. The molecule has 4 nitrogen and oxygen atoms in total. The first kappa shape index (κ1) is 10.5. The molecule has 1 atom stereocenters. The minimum Gasteiger partial charge on any atom is -0.493 e. The molecule has 17 heavy (non-hydrogen) atoms. The Hall–Kier alpha value is -1.62. The van der Waals surface area contributed by atoms with Crippen LogP contribution in [-0.2, 0) is 0 Å². The molecule has 5 heteroatoms. The number of nitrogens with one attached hydrogen (secondary N) is 1. The molecular weight excluding hydrogens is 234 g/mol. The Kier molecular flexibility index (Phi) is 2.68. The second-order valence-corrected chi connectivity index (χ2v) is 4.77. The van der Waals surface area contributed by atoms with Gasteiger partial charge in [0.15, 0.2) is 0 Å². The lowest BCUT2D eigenvalue weighted by Crippen LogP contribution is -2.20. The van der Waals surface area contributed by atoms with Gasteiger partial charge in [0.05, 0.1) is 12.6 Å². The monoisotopic (exact) mass is 247 g/mol. The second-order valence-electron chi connectivity index (χ2n) is 4.02. The number of ether oxygens (including phenoxy) is 1. The van der Waals surface area contributed by atoms with Crippen molar-refractivity contribution in [1.29, 1.82) is 0 Å². The fourth-order valence-electron chi connectivity index (χ4n) is 2.00. The van der Waals surface area contributed by atoms with Gasteiger partial charge in [0.2, 0.25) is 5.13 Å². The van der Waals surface area contributed by atoms with Crippen molar-refractivity contribution in [3.05, 3.63) is 35.7 Å². The van der Waals surface area contributed by atoms with Crippen LogP contribution in [0.1, 0.15) is 23.9 Å². The van der Waals surface area contributed by atoms with Gasteiger partial charge in [0.1, 0.15) is 11.6 Å². The summed E-state index contributed by atoms with van der Waals surface area (Å²) in [4.78, 5) is 4.33. The third kappa shape index (κ3) is 2.10. The van der Waals surface area contributed by atoms with Crippen LogP contribution in [0.4, 0.5) is 5.13 Å². The molecule has 1 aromatic heterocycles. The van der Waals surface area contributed by atoms with Gasteiger partial charge in [-0.05, 0) is 13.0 Å². The highest BCUT2D eigenvalue weighted by molar-refractivity contribution is 7.09. The normalized spacial score (nSPS) is 18.3. The Balaban J connectivity index is 1.85. The summed E-state index contributed by atoms with van der Waals surface area (Å²) >= 11 is 1.40. The van der Waals surface area contributed by atoms with E-state index in [1.54, 1.807) is 0 Å². The van der Waals surface area contributed by atoms with Crippen molar-refractivity contribution in [2.75, 3.05) is 11.9 Å². The first-order chi connectivity index (χ1) is 8.33. The van der Waals surface area contributed by atoms with Gasteiger partial charge >= 0.3 is 0 Å². The van der Waals surface area contributed by atoms with E-state index in [1.807, 2.05) is 25.1 Å². The number of hydrogen-bond acceptors (Lipinski definition) is 5. The summed E-state index contributed by atoms with van der Waals surface area (Å²) in [6.07, 6.45) is 0.954. The number of rotatable bonds is 2. The number of fused-ring (bicyclic) bond motifs is 1. The number of aryl methyl sites for hydroxylation is 1. The molecule has 0 saturated carbocycles. The van der Waals surface area contributed by atoms with E-state index in [0.29, 0.717) is 0 Å². The Labute approximate surface area is 104 Å². The molecule has 0 radical (unpaired) electrons. The van der Waals surface area contributed by atoms with E-state index in [1.165, 1.54) is 17.1 Å². The number of anilines is 1. The second kappa shape index (κ2) is 4.33. The number of benzene rings is 1. The van der Waals surface area contributed by atoms with E-state index in [4.69, 9.17) is 4.74 Å². The van der Waals surface area contributed by atoms with Gasteiger partial charge in [-0.15, -0.1) is 0 Å². The quantitative estimate of drug-likeness (QED) is 0.886. The maximum absolute atomic E-state index is 5.62. The molecule has 2 heterocycles. The summed E-state index contributed by atoms with van der Waals surface area (Å²) in [6, 6.07) is 8.41. The highest BCUT2D eigenvalue weighted by Gasteiger charge is 2.21. The first-order valence-electron chi connectivity index (χ1n) is 5.61. The zero-order chi connectivity index (χ0) is 11.7. The smallest absolute Gasteiger partial charge is 0.203 e. The van der Waals surface area contributed by atoms with Crippen LogP contribution in [0.2, 0.25) is 0 Å². The molecule has 1 unspecified atom stereocenters. The topological polar surface area (TPSA) is 47.0 Å². The van der Waals surface area contributed by atoms with Crippen LogP contribution in [0.25, 0.3) is 0 Å². The van der Waals surface area contributed by atoms with Crippen molar-refractivity contribution in [2.24, 2.45) is 0 Å². The van der Waals surface area contributed by atoms with Crippen molar-refractivity contribution < 1.29 is 4.74 Å². The van der Waals surface area contributed by atoms with E-state index in [2.05, 4.69) is 20.7 Å². The van der Waals surface area contributed by atoms with Crippen LogP contribution >= 0.6 is 11.5 Å². The van der Waals surface area contributed by atoms with E-state index >= 15 is 0 Å². The van der Waals surface area contributed by atoms with Crippen LogP contribution in [-0.4, -0.2) is 16.0 Å². The summed E-state index contributed by atoms with van der Waals surface area (Å²) in [5, 5.41) is 4.30. The van der Waals surface area contributed by atoms with Gasteiger partial charge in [0.25, 0.3) is 0 Å². The summed E-state index contributed by atoms with van der Waals surface area (Å²) in [6.45, 7) is 2.64. The van der Waals surface area contributed by atoms with Crippen molar-refractivity contribution in [3.63, 3.8) is 0 Å². The number of hydrogen-bond donors (Lipinski definition) is 1. The van der Waals surface area contributed by atoms with E-state index < -0.39 is 0 Å². The summed E-state index contributed by atoms with van der Waals surface area (Å²) in [5.74, 6) is 1.79. The molecule has 0 amide bonds. The molecule has 1 aliphatic heterocycles. The Morgan fingerprint density at radius 2 is 2.29 bits per heavy atom. The molecule has 0 saturated heterocycles. The maximum atomic E-state index is 5.62. The van der Waals surface area contributed by atoms with Crippen molar-refractivity contribution in [1.82, 2.24) is 9.36 Å². The molecule has 1 N–H and O–H groups in total. The fourth-order valence-corrected chi connectivity index (χ4v) is 2.62. The number of nitrogens with zero attached hydrogens (tertiary/aromatic N) is 2. The van der Waals surface area contributed by atoms with Crippen LogP contribution in [0.3, 0.4) is 0 Å². The van der Waals surface area contributed by atoms with Crippen LogP contribution < -0.4 is 10.1 Å². The highest BCUT2D eigenvalue weighted by Crippen LogP contribution is 2.34. The van der Waals surface area contributed by atoms with Gasteiger partial charge in [-0.25, -0.2) is 4.98 Å². The average Bonchev–Trinajstić information content (AvgIpc) is 2.75. The minimum absolute atomic E-state index is 0.271. The molecule has 0 spiro atoms. The van der Waals surface area contributed by atoms with Crippen molar-refractivity contribution >= 4 is 16.7 Å². The van der Waals surface area contributed by atoms with Gasteiger partial charge in [0, 0.05) is 23.5 Å². The molecule has 0 fully saturated rings.